The van der Waals surface area contributed by atoms with Crippen LogP contribution in [0.5, 0.6) is 0 Å². The van der Waals surface area contributed by atoms with E-state index >= 15 is 0 Å². The lowest BCUT2D eigenvalue weighted by molar-refractivity contribution is -0.395. The van der Waals surface area contributed by atoms with E-state index in [0.717, 1.165) is 61.2 Å². The zero-order valence-corrected chi connectivity index (χ0v) is 62.3. The van der Waals surface area contributed by atoms with Crippen molar-refractivity contribution in [1.29, 1.82) is 0 Å². The predicted octanol–water partition coefficient (Wildman–Crippen LogP) is 16.9. The fourth-order valence-corrected chi connectivity index (χ4v) is 14.0. The summed E-state index contributed by atoms with van der Waals surface area (Å²) in [5.74, 6) is 0. The first kappa shape index (κ1) is 78.5. The van der Waals surface area contributed by atoms with Crippen LogP contribution in [0.15, 0.2) is 334 Å². The van der Waals surface area contributed by atoms with Gasteiger partial charge in [0.25, 0.3) is 0 Å². The molecular weight excluding hydrogens is 1400 g/mol. The molecule has 0 bridgehead atoms. The standard InChI is InChI=1S/C95H98O16/c1-12-34-70(35-13-1)56-96-67-81-84(99-59-73-40-18-4-19-41-73)87(100-60-74-42-20-5-21-43-74)91(104-64-78-50-28-9-29-51-78)94(108-81)111-86-83(69-98-58-72-38-16-3-17-39-72)109-95(92(105-65-79-52-30-10-31-53-79)89(86)102-62-76-46-24-7-25-47-76)110-85-82(68-97-57-71-36-14-2-15-37-71)107-93(106-66-80-54-32-11-33-55-80)90(103-63-77-48-26-8-27-49-77)88(85)101-61-75-44-22-6-23-45-75/h1-55,81-95H,56-69H2/t81-,82-,83-,84+,85-,86-,87+,88+,89+,90-,91-,92-,93-,94+,95+/m1/s1. The van der Waals surface area contributed by atoms with Crippen molar-refractivity contribution < 1.29 is 75.8 Å². The van der Waals surface area contributed by atoms with Crippen LogP contribution in [0.2, 0.25) is 0 Å². The van der Waals surface area contributed by atoms with Crippen LogP contribution in [-0.4, -0.2) is 112 Å². The quantitative estimate of drug-likeness (QED) is 0.0358. The third kappa shape index (κ3) is 23.4. The smallest absolute Gasteiger partial charge is 0.187 e. The third-order valence-electron chi connectivity index (χ3n) is 19.8. The Kier molecular flexibility index (Phi) is 30.0. The summed E-state index contributed by atoms with van der Waals surface area (Å²) >= 11 is 0. The molecule has 16 nitrogen and oxygen atoms in total. The number of hydrogen-bond donors (Lipinski definition) is 0. The van der Waals surface area contributed by atoms with Crippen LogP contribution in [0.25, 0.3) is 0 Å². The first-order valence-corrected chi connectivity index (χ1v) is 38.4. The van der Waals surface area contributed by atoms with E-state index in [2.05, 4.69) is 0 Å². The largest absolute Gasteiger partial charge is 0.374 e. The van der Waals surface area contributed by atoms with Gasteiger partial charge >= 0.3 is 0 Å². The number of ether oxygens (including phenoxy) is 16. The summed E-state index contributed by atoms with van der Waals surface area (Å²) in [7, 11) is 0. The maximum atomic E-state index is 7.94. The van der Waals surface area contributed by atoms with E-state index < -0.39 is 92.1 Å². The lowest BCUT2D eigenvalue weighted by atomic mass is 9.95. The summed E-state index contributed by atoms with van der Waals surface area (Å²) in [6.07, 6.45) is -15.2. The Hall–Kier alpha value is -9.22. The molecule has 11 aromatic rings. The topological polar surface area (TPSA) is 148 Å². The van der Waals surface area contributed by atoms with Crippen molar-refractivity contribution in [3.8, 4) is 0 Å². The lowest BCUT2D eigenvalue weighted by Gasteiger charge is -2.52. The van der Waals surface area contributed by atoms with Gasteiger partial charge in [0.05, 0.1) is 92.5 Å². The van der Waals surface area contributed by atoms with E-state index in [1.165, 1.54) is 0 Å². The molecule has 0 unspecified atom stereocenters. The van der Waals surface area contributed by atoms with Crippen LogP contribution in [0.3, 0.4) is 0 Å². The van der Waals surface area contributed by atoms with E-state index in [1.807, 2.05) is 334 Å². The fraction of sp³-hybridized carbons (Fsp3) is 0.305. The Morgan fingerprint density at radius 2 is 0.333 bits per heavy atom. The highest BCUT2D eigenvalue weighted by molar-refractivity contribution is 5.22. The van der Waals surface area contributed by atoms with Gasteiger partial charge < -0.3 is 75.8 Å². The van der Waals surface area contributed by atoms with Crippen molar-refractivity contribution in [1.82, 2.24) is 0 Å². The van der Waals surface area contributed by atoms with Gasteiger partial charge in [-0.1, -0.05) is 334 Å². The molecule has 0 aromatic heterocycles. The van der Waals surface area contributed by atoms with Gasteiger partial charge in [-0.05, 0) is 61.2 Å². The van der Waals surface area contributed by atoms with Crippen LogP contribution in [0.1, 0.15) is 61.2 Å². The molecule has 111 heavy (non-hydrogen) atoms. The van der Waals surface area contributed by atoms with Crippen LogP contribution >= 0.6 is 0 Å². The van der Waals surface area contributed by atoms with Gasteiger partial charge in [-0.15, -0.1) is 0 Å². The summed E-state index contributed by atoms with van der Waals surface area (Å²) < 4.78 is 118. The highest BCUT2D eigenvalue weighted by Gasteiger charge is 2.57. The molecule has 3 fully saturated rings. The first-order chi connectivity index (χ1) is 55.0. The van der Waals surface area contributed by atoms with E-state index in [4.69, 9.17) is 75.8 Å². The van der Waals surface area contributed by atoms with Gasteiger partial charge in [-0.2, -0.15) is 0 Å². The van der Waals surface area contributed by atoms with E-state index in [9.17, 15) is 0 Å². The molecule has 0 N–H and O–H groups in total. The number of hydrogen-bond acceptors (Lipinski definition) is 16. The Balaban J connectivity index is 0.898. The minimum atomic E-state index is -1.31. The van der Waals surface area contributed by atoms with Crippen molar-refractivity contribution in [3.63, 3.8) is 0 Å². The predicted molar refractivity (Wildman–Crippen MR) is 420 cm³/mol. The van der Waals surface area contributed by atoms with Crippen molar-refractivity contribution >= 4 is 0 Å². The molecule has 0 saturated carbocycles. The first-order valence-electron chi connectivity index (χ1n) is 38.4. The summed E-state index contributed by atoms with van der Waals surface area (Å²) in [4.78, 5) is 0. The fourth-order valence-electron chi connectivity index (χ4n) is 14.0. The monoisotopic (exact) mass is 1490 g/mol. The van der Waals surface area contributed by atoms with Crippen molar-refractivity contribution in [3.05, 3.63) is 395 Å². The number of rotatable bonds is 40. The van der Waals surface area contributed by atoms with E-state index in [-0.39, 0.29) is 85.9 Å². The molecule has 0 aliphatic carbocycles. The molecule has 3 heterocycles. The maximum absolute atomic E-state index is 7.94. The third-order valence-corrected chi connectivity index (χ3v) is 19.8. The normalized spacial score (nSPS) is 23.9. The highest BCUT2D eigenvalue weighted by Crippen LogP contribution is 2.40. The van der Waals surface area contributed by atoms with Gasteiger partial charge in [0.1, 0.15) is 73.2 Å². The highest BCUT2D eigenvalue weighted by atomic mass is 16.8. The van der Waals surface area contributed by atoms with E-state index in [0.29, 0.717) is 6.61 Å². The Labute approximate surface area is 651 Å². The SMILES string of the molecule is c1ccc(COC[C@H]2O[C@@H](O[C@H]3[C@H](OCc4ccccc4)[C@@H](OCc4ccccc4)[C@H](O[C@H]4[C@H](OCc5ccccc5)[C@@H](OCc5ccccc5)[C@H](OCc5ccccc5)O[C@@H]4COCc4ccccc4)O[C@@H]3COCc3ccccc3)[C@H](OCc3ccccc3)[C@@H](OCc3ccccc3)[C@H]2OCc2ccccc2)cc1. The molecule has 0 amide bonds. The molecule has 0 radical (unpaired) electrons. The van der Waals surface area contributed by atoms with Crippen molar-refractivity contribution in [2.45, 2.75) is 165 Å². The summed E-state index contributed by atoms with van der Waals surface area (Å²) in [6.45, 7) is 2.15. The Morgan fingerprint density at radius 1 is 0.162 bits per heavy atom. The Bertz CT molecular complexity index is 4330. The Morgan fingerprint density at radius 3 is 0.577 bits per heavy atom. The molecule has 11 aromatic carbocycles. The molecule has 3 aliphatic rings. The number of benzene rings is 11. The molecule has 3 saturated heterocycles. The van der Waals surface area contributed by atoms with Gasteiger partial charge in [0.2, 0.25) is 0 Å². The van der Waals surface area contributed by atoms with Gasteiger partial charge in [0.15, 0.2) is 18.9 Å². The molecule has 15 atom stereocenters. The van der Waals surface area contributed by atoms with E-state index in [1.54, 1.807) is 0 Å². The molecule has 0 spiro atoms. The van der Waals surface area contributed by atoms with Gasteiger partial charge in [-0.3, -0.25) is 0 Å². The lowest BCUT2D eigenvalue weighted by Crippen LogP contribution is -2.68. The van der Waals surface area contributed by atoms with Crippen molar-refractivity contribution in [2.24, 2.45) is 0 Å². The second kappa shape index (κ2) is 42.4. The zero-order valence-electron chi connectivity index (χ0n) is 62.3. The molecule has 3 aliphatic heterocycles. The molecule has 574 valence electrons. The summed E-state index contributed by atoms with van der Waals surface area (Å²) in [5.41, 5.74) is 10.3. The van der Waals surface area contributed by atoms with Gasteiger partial charge in [0, 0.05) is 0 Å². The van der Waals surface area contributed by atoms with Crippen LogP contribution in [0.4, 0.5) is 0 Å². The summed E-state index contributed by atoms with van der Waals surface area (Å²) in [6, 6.07) is 111. The molecule has 14 rings (SSSR count). The second-order valence-corrected chi connectivity index (χ2v) is 28.0. The molecule has 16 heteroatoms. The minimum Gasteiger partial charge on any atom is -0.374 e. The van der Waals surface area contributed by atoms with Gasteiger partial charge in [-0.25, -0.2) is 0 Å². The van der Waals surface area contributed by atoms with Crippen LogP contribution < -0.4 is 0 Å². The maximum Gasteiger partial charge on any atom is 0.187 e. The van der Waals surface area contributed by atoms with Crippen molar-refractivity contribution in [2.75, 3.05) is 19.8 Å². The zero-order chi connectivity index (χ0) is 75.1. The average molecular weight is 1500 g/mol. The average Bonchev–Trinajstić information content (AvgIpc) is 0.764. The van der Waals surface area contributed by atoms with Crippen LogP contribution in [-0.2, 0) is 148 Å². The molecular formula is C95H98O16. The second-order valence-electron chi connectivity index (χ2n) is 28.0. The van der Waals surface area contributed by atoms with Crippen LogP contribution in [0, 0.1) is 0 Å². The minimum absolute atomic E-state index is 0.0239. The summed E-state index contributed by atoms with van der Waals surface area (Å²) in [5, 5.41) is 0.